The fraction of sp³-hybridized carbons (Fsp3) is 0.786. The minimum absolute atomic E-state index is 0.191. The highest BCUT2D eigenvalue weighted by atomic mass is 32.1. The van der Waals surface area contributed by atoms with Crippen LogP contribution < -0.4 is 5.32 Å². The molecule has 3 nitrogen and oxygen atoms in total. The van der Waals surface area contributed by atoms with Crippen molar-refractivity contribution in [2.75, 3.05) is 13.2 Å². The monoisotopic (exact) mass is 270 g/mol. The third-order valence-electron chi connectivity index (χ3n) is 3.41. The highest BCUT2D eigenvalue weighted by Gasteiger charge is 2.32. The molecule has 1 rings (SSSR count). The Morgan fingerprint density at radius 1 is 1.33 bits per heavy atom. The van der Waals surface area contributed by atoms with Gasteiger partial charge < -0.3 is 10.1 Å². The van der Waals surface area contributed by atoms with Crippen molar-refractivity contribution in [2.24, 2.45) is 0 Å². The highest BCUT2D eigenvalue weighted by Crippen LogP contribution is 2.36. The smallest absolute Gasteiger partial charge is 0.125 e. The quantitative estimate of drug-likeness (QED) is 0.778. The first-order valence-corrected chi connectivity index (χ1v) is 7.78. The largest absolute Gasteiger partial charge is 0.368 e. The Bertz CT molecular complexity index is 347. The first-order valence-electron chi connectivity index (χ1n) is 6.97. The molecule has 0 aliphatic rings. The van der Waals surface area contributed by atoms with Crippen LogP contribution in [0.25, 0.3) is 0 Å². The van der Waals surface area contributed by atoms with Crippen molar-refractivity contribution < 1.29 is 4.74 Å². The van der Waals surface area contributed by atoms with Gasteiger partial charge in [0, 0.05) is 23.7 Å². The van der Waals surface area contributed by atoms with Crippen LogP contribution in [0.2, 0.25) is 0 Å². The summed E-state index contributed by atoms with van der Waals surface area (Å²) in [5.41, 5.74) is -0.191. The summed E-state index contributed by atoms with van der Waals surface area (Å²) in [5, 5.41) is 4.54. The molecule has 0 bridgehead atoms. The predicted molar refractivity (Wildman–Crippen MR) is 78.1 cm³/mol. The molecular weight excluding hydrogens is 244 g/mol. The number of hydrogen-bond acceptors (Lipinski definition) is 4. The molecule has 0 saturated carbocycles. The standard InChI is InChI=1S/C14H26N2OS/c1-6-14(7-2,17-9-4)13-16-10-12(18-13)11(5)15-8-3/h10-11,15H,6-9H2,1-5H3. The van der Waals surface area contributed by atoms with Crippen molar-refractivity contribution in [1.29, 1.82) is 0 Å². The number of nitrogens with one attached hydrogen (secondary N) is 1. The van der Waals surface area contributed by atoms with Gasteiger partial charge in [-0.1, -0.05) is 20.8 Å². The van der Waals surface area contributed by atoms with Crippen molar-refractivity contribution in [3.8, 4) is 0 Å². The third-order valence-corrected chi connectivity index (χ3v) is 4.78. The van der Waals surface area contributed by atoms with E-state index in [1.807, 2.05) is 6.20 Å². The normalized spacial score (nSPS) is 13.8. The van der Waals surface area contributed by atoms with E-state index in [4.69, 9.17) is 4.74 Å². The van der Waals surface area contributed by atoms with Crippen LogP contribution in [-0.2, 0) is 10.3 Å². The Morgan fingerprint density at radius 2 is 2.00 bits per heavy atom. The van der Waals surface area contributed by atoms with Crippen molar-refractivity contribution in [1.82, 2.24) is 10.3 Å². The first-order chi connectivity index (χ1) is 8.63. The second kappa shape index (κ2) is 7.22. The number of thiazole rings is 1. The molecule has 1 unspecified atom stereocenters. The van der Waals surface area contributed by atoms with E-state index in [9.17, 15) is 0 Å². The van der Waals surface area contributed by atoms with E-state index in [-0.39, 0.29) is 5.60 Å². The SMILES string of the molecule is CCNC(C)c1cnc(C(CC)(CC)OCC)s1. The van der Waals surface area contributed by atoms with E-state index in [0.29, 0.717) is 6.04 Å². The van der Waals surface area contributed by atoms with Crippen LogP contribution >= 0.6 is 11.3 Å². The average Bonchev–Trinajstić information content (AvgIpc) is 2.86. The predicted octanol–water partition coefficient (Wildman–Crippen LogP) is 3.87. The molecule has 1 aromatic heterocycles. The average molecular weight is 270 g/mol. The van der Waals surface area contributed by atoms with Gasteiger partial charge in [-0.25, -0.2) is 4.98 Å². The van der Waals surface area contributed by atoms with E-state index >= 15 is 0 Å². The molecule has 18 heavy (non-hydrogen) atoms. The molecule has 0 aliphatic carbocycles. The van der Waals surface area contributed by atoms with Gasteiger partial charge in [0.05, 0.1) is 0 Å². The van der Waals surface area contributed by atoms with Crippen LogP contribution in [0.5, 0.6) is 0 Å². The molecule has 1 atom stereocenters. The van der Waals surface area contributed by atoms with Gasteiger partial charge in [-0.15, -0.1) is 11.3 Å². The maximum atomic E-state index is 5.99. The minimum atomic E-state index is -0.191. The van der Waals surface area contributed by atoms with Crippen LogP contribution in [0.3, 0.4) is 0 Å². The summed E-state index contributed by atoms with van der Waals surface area (Å²) in [4.78, 5) is 5.90. The summed E-state index contributed by atoms with van der Waals surface area (Å²) in [6, 6.07) is 0.370. The van der Waals surface area contributed by atoms with Gasteiger partial charge in [0.1, 0.15) is 10.6 Å². The lowest BCUT2D eigenvalue weighted by molar-refractivity contribution is -0.0506. The van der Waals surface area contributed by atoms with Crippen molar-refractivity contribution in [3.05, 3.63) is 16.1 Å². The Morgan fingerprint density at radius 3 is 2.50 bits per heavy atom. The highest BCUT2D eigenvalue weighted by molar-refractivity contribution is 7.11. The minimum Gasteiger partial charge on any atom is -0.368 e. The van der Waals surface area contributed by atoms with Gasteiger partial charge in [-0.3, -0.25) is 0 Å². The van der Waals surface area contributed by atoms with Crippen LogP contribution in [-0.4, -0.2) is 18.1 Å². The van der Waals surface area contributed by atoms with E-state index in [0.717, 1.165) is 31.0 Å². The van der Waals surface area contributed by atoms with E-state index in [2.05, 4.69) is 44.9 Å². The topological polar surface area (TPSA) is 34.2 Å². The van der Waals surface area contributed by atoms with Crippen LogP contribution in [0.4, 0.5) is 0 Å². The van der Waals surface area contributed by atoms with Crippen molar-refractivity contribution >= 4 is 11.3 Å². The molecule has 4 heteroatoms. The molecule has 104 valence electrons. The molecule has 0 saturated heterocycles. The summed E-state index contributed by atoms with van der Waals surface area (Å²) in [6.45, 7) is 12.4. The van der Waals surface area contributed by atoms with Crippen molar-refractivity contribution in [2.45, 2.75) is 59.1 Å². The zero-order valence-corrected chi connectivity index (χ0v) is 13.1. The number of hydrogen-bond donors (Lipinski definition) is 1. The van der Waals surface area contributed by atoms with Gasteiger partial charge in [-0.05, 0) is 33.2 Å². The lowest BCUT2D eigenvalue weighted by atomic mass is 9.98. The number of ether oxygens (including phenoxy) is 1. The lowest BCUT2D eigenvalue weighted by Gasteiger charge is -2.29. The van der Waals surface area contributed by atoms with E-state index < -0.39 is 0 Å². The van der Waals surface area contributed by atoms with Gasteiger partial charge >= 0.3 is 0 Å². The van der Waals surface area contributed by atoms with Crippen LogP contribution in [0.1, 0.15) is 63.4 Å². The molecule has 0 fully saturated rings. The molecule has 1 heterocycles. The lowest BCUT2D eigenvalue weighted by Crippen LogP contribution is -2.28. The maximum Gasteiger partial charge on any atom is 0.125 e. The number of rotatable bonds is 8. The number of aromatic nitrogens is 1. The number of nitrogens with zero attached hydrogens (tertiary/aromatic N) is 1. The second-order valence-corrected chi connectivity index (χ2v) is 5.54. The molecule has 0 aliphatic heterocycles. The third kappa shape index (κ3) is 3.31. The second-order valence-electron chi connectivity index (χ2n) is 4.48. The zero-order chi connectivity index (χ0) is 13.6. The zero-order valence-electron chi connectivity index (χ0n) is 12.2. The summed E-state index contributed by atoms with van der Waals surface area (Å²) in [7, 11) is 0. The Kier molecular flexibility index (Phi) is 6.26. The first kappa shape index (κ1) is 15.6. The molecule has 0 spiro atoms. The van der Waals surface area contributed by atoms with Gasteiger partial charge in [0.2, 0.25) is 0 Å². The van der Waals surface area contributed by atoms with E-state index in [1.165, 1.54) is 4.88 Å². The Hall–Kier alpha value is -0.450. The summed E-state index contributed by atoms with van der Waals surface area (Å²) < 4.78 is 5.99. The van der Waals surface area contributed by atoms with Gasteiger partial charge in [0.25, 0.3) is 0 Å². The van der Waals surface area contributed by atoms with Gasteiger partial charge in [-0.2, -0.15) is 0 Å². The van der Waals surface area contributed by atoms with Crippen molar-refractivity contribution in [3.63, 3.8) is 0 Å². The Labute approximate surface area is 115 Å². The molecule has 1 N–H and O–H groups in total. The fourth-order valence-corrected chi connectivity index (χ4v) is 3.43. The molecular formula is C14H26N2OS. The molecule has 0 aromatic carbocycles. The summed E-state index contributed by atoms with van der Waals surface area (Å²) >= 11 is 1.78. The van der Waals surface area contributed by atoms with Crippen LogP contribution in [0, 0.1) is 0 Å². The van der Waals surface area contributed by atoms with E-state index in [1.54, 1.807) is 11.3 Å². The van der Waals surface area contributed by atoms with Crippen LogP contribution in [0.15, 0.2) is 6.20 Å². The Balaban J connectivity index is 2.93. The summed E-state index contributed by atoms with van der Waals surface area (Å²) in [6.07, 6.45) is 3.94. The molecule has 0 radical (unpaired) electrons. The van der Waals surface area contributed by atoms with Gasteiger partial charge in [0.15, 0.2) is 0 Å². The fourth-order valence-electron chi connectivity index (χ4n) is 2.20. The maximum absolute atomic E-state index is 5.99. The summed E-state index contributed by atoms with van der Waals surface area (Å²) in [5.74, 6) is 0. The molecule has 0 amide bonds. The molecule has 1 aromatic rings.